The maximum atomic E-state index is 13.0. The predicted octanol–water partition coefficient (Wildman–Crippen LogP) is 1.81. The molecular weight excluding hydrogens is 418 g/mol. The molecule has 3 heterocycles. The van der Waals surface area contributed by atoms with Gasteiger partial charge in [0, 0.05) is 37.8 Å². The van der Waals surface area contributed by atoms with E-state index in [0.717, 1.165) is 56.4 Å². The zero-order valence-corrected chi connectivity index (χ0v) is 19.1. The van der Waals surface area contributed by atoms with Crippen LogP contribution in [0.3, 0.4) is 0 Å². The summed E-state index contributed by atoms with van der Waals surface area (Å²) in [5.74, 6) is -0.0883. The van der Waals surface area contributed by atoms with Crippen molar-refractivity contribution >= 4 is 21.8 Å². The molecule has 0 radical (unpaired) electrons. The Balaban J connectivity index is 1.38. The minimum absolute atomic E-state index is 0.0579. The molecular formula is C22H31N3O5S. The number of nitrogens with zero attached hydrogens (tertiary/aromatic N) is 3. The van der Waals surface area contributed by atoms with Crippen LogP contribution in [-0.2, 0) is 14.8 Å². The fraction of sp³-hybridized carbons (Fsp3) is 0.636. The molecule has 0 aromatic heterocycles. The van der Waals surface area contributed by atoms with E-state index in [0.29, 0.717) is 24.6 Å². The van der Waals surface area contributed by atoms with Crippen LogP contribution in [0, 0.1) is 5.92 Å². The van der Waals surface area contributed by atoms with Gasteiger partial charge < -0.3 is 9.64 Å². The van der Waals surface area contributed by atoms with E-state index in [1.54, 1.807) is 24.8 Å². The lowest BCUT2D eigenvalue weighted by Gasteiger charge is -2.34. The summed E-state index contributed by atoms with van der Waals surface area (Å²) >= 11 is 0. The van der Waals surface area contributed by atoms with Gasteiger partial charge in [-0.05, 0) is 63.8 Å². The van der Waals surface area contributed by atoms with Gasteiger partial charge in [0.15, 0.2) is 0 Å². The van der Waals surface area contributed by atoms with E-state index < -0.39 is 22.0 Å². The molecule has 0 atom stereocenters. The minimum Gasteiger partial charge on any atom is -0.379 e. The van der Waals surface area contributed by atoms with Crippen molar-refractivity contribution in [2.75, 3.05) is 45.9 Å². The fourth-order valence-corrected chi connectivity index (χ4v) is 6.48. The number of ether oxygens (including phenoxy) is 1. The number of hydrogen-bond acceptors (Lipinski definition) is 6. The molecule has 31 heavy (non-hydrogen) atoms. The fourth-order valence-electron chi connectivity index (χ4n) is 4.69. The van der Waals surface area contributed by atoms with Crippen LogP contribution in [0.25, 0.3) is 0 Å². The Morgan fingerprint density at radius 2 is 1.81 bits per heavy atom. The molecule has 2 fully saturated rings. The second-order valence-corrected chi connectivity index (χ2v) is 10.7. The molecule has 0 bridgehead atoms. The second kappa shape index (κ2) is 8.88. The van der Waals surface area contributed by atoms with Crippen molar-refractivity contribution in [3.8, 4) is 0 Å². The van der Waals surface area contributed by atoms with Crippen molar-refractivity contribution in [1.29, 1.82) is 0 Å². The van der Waals surface area contributed by atoms with Crippen LogP contribution >= 0.6 is 0 Å². The molecule has 0 N–H and O–H groups in total. The predicted molar refractivity (Wildman–Crippen MR) is 115 cm³/mol. The molecule has 0 aliphatic carbocycles. The van der Waals surface area contributed by atoms with Gasteiger partial charge in [-0.3, -0.25) is 14.5 Å². The number of amides is 2. The average Bonchev–Trinajstić information content (AvgIpc) is 2.97. The number of carbonyl (C=O) groups excluding carboxylic acids is 2. The van der Waals surface area contributed by atoms with Crippen molar-refractivity contribution in [2.24, 2.45) is 5.92 Å². The molecule has 2 amide bonds. The zero-order valence-electron chi connectivity index (χ0n) is 18.2. The number of morpholine rings is 1. The van der Waals surface area contributed by atoms with Gasteiger partial charge in [0.2, 0.25) is 0 Å². The van der Waals surface area contributed by atoms with Crippen molar-refractivity contribution < 1.29 is 22.7 Å². The Kier molecular flexibility index (Phi) is 6.37. The first-order valence-corrected chi connectivity index (χ1v) is 12.5. The summed E-state index contributed by atoms with van der Waals surface area (Å²) in [6, 6.07) is 3.95. The van der Waals surface area contributed by atoms with Crippen LogP contribution in [0.1, 0.15) is 53.8 Å². The van der Waals surface area contributed by atoms with Crippen molar-refractivity contribution in [3.05, 3.63) is 29.3 Å². The maximum Gasteiger partial charge on any atom is 0.269 e. The zero-order chi connectivity index (χ0) is 22.2. The average molecular weight is 450 g/mol. The minimum atomic E-state index is -3.91. The largest absolute Gasteiger partial charge is 0.379 e. The van der Waals surface area contributed by atoms with Gasteiger partial charge in [-0.25, -0.2) is 12.7 Å². The Morgan fingerprint density at radius 1 is 1.13 bits per heavy atom. The highest BCUT2D eigenvalue weighted by Crippen LogP contribution is 2.33. The Bertz CT molecular complexity index is 948. The molecule has 1 aromatic carbocycles. The van der Waals surface area contributed by atoms with E-state index in [1.165, 1.54) is 12.1 Å². The van der Waals surface area contributed by atoms with Gasteiger partial charge in [0.05, 0.1) is 18.8 Å². The topological polar surface area (TPSA) is 87.2 Å². The second-order valence-electron chi connectivity index (χ2n) is 8.89. The molecule has 2 saturated heterocycles. The molecule has 0 unspecified atom stereocenters. The molecule has 1 aromatic rings. The smallest absolute Gasteiger partial charge is 0.269 e. The van der Waals surface area contributed by atoms with E-state index in [9.17, 15) is 18.0 Å². The van der Waals surface area contributed by atoms with Crippen LogP contribution in [0.2, 0.25) is 0 Å². The van der Waals surface area contributed by atoms with Crippen LogP contribution in [0.15, 0.2) is 23.1 Å². The van der Waals surface area contributed by atoms with Crippen LogP contribution < -0.4 is 0 Å². The number of sulfonamides is 1. The summed E-state index contributed by atoms with van der Waals surface area (Å²) < 4.78 is 31.9. The molecule has 8 nitrogen and oxygen atoms in total. The number of fused-ring (bicyclic) bond motifs is 1. The Morgan fingerprint density at radius 3 is 2.45 bits per heavy atom. The lowest BCUT2D eigenvalue weighted by molar-refractivity contribution is 0.0332. The van der Waals surface area contributed by atoms with E-state index in [1.807, 2.05) is 0 Å². The highest BCUT2D eigenvalue weighted by molar-refractivity contribution is 7.90. The number of piperidine rings is 1. The quantitative estimate of drug-likeness (QED) is 0.682. The SMILES string of the molecule is CC(C)N1C(=O)c2ccc(C(=O)N3CCC(CCN4CCOCC4)CC3)cc2S1(=O)=O. The highest BCUT2D eigenvalue weighted by atomic mass is 32.2. The number of carbonyl (C=O) groups is 2. The molecule has 4 rings (SSSR count). The van der Waals surface area contributed by atoms with E-state index in [-0.39, 0.29) is 16.4 Å². The molecule has 0 saturated carbocycles. The maximum absolute atomic E-state index is 13.0. The molecule has 9 heteroatoms. The normalized spacial score (nSPS) is 22.2. The number of likely N-dealkylation sites (tertiary alicyclic amines) is 1. The van der Waals surface area contributed by atoms with Gasteiger partial charge >= 0.3 is 0 Å². The van der Waals surface area contributed by atoms with Gasteiger partial charge in [-0.2, -0.15) is 0 Å². The number of benzene rings is 1. The van der Waals surface area contributed by atoms with Crippen molar-refractivity contribution in [3.63, 3.8) is 0 Å². The lowest BCUT2D eigenvalue weighted by atomic mass is 9.93. The van der Waals surface area contributed by atoms with Crippen LogP contribution in [0.5, 0.6) is 0 Å². The first kappa shape index (κ1) is 22.2. The van der Waals surface area contributed by atoms with Crippen LogP contribution in [-0.4, -0.2) is 86.3 Å². The van der Waals surface area contributed by atoms with Crippen LogP contribution in [0.4, 0.5) is 0 Å². The monoisotopic (exact) mass is 449 g/mol. The first-order chi connectivity index (χ1) is 14.8. The summed E-state index contributed by atoms with van der Waals surface area (Å²) in [4.78, 5) is 29.7. The number of rotatable bonds is 5. The Hall–Kier alpha value is -1.97. The molecule has 3 aliphatic heterocycles. The molecule has 170 valence electrons. The third kappa shape index (κ3) is 4.36. The third-order valence-corrected chi connectivity index (χ3v) is 8.52. The first-order valence-electron chi connectivity index (χ1n) is 11.1. The summed E-state index contributed by atoms with van der Waals surface area (Å²) in [5.41, 5.74) is 0.472. The van der Waals surface area contributed by atoms with Gasteiger partial charge in [0.25, 0.3) is 21.8 Å². The van der Waals surface area contributed by atoms with Crippen molar-refractivity contribution in [2.45, 2.75) is 44.0 Å². The number of hydrogen-bond donors (Lipinski definition) is 0. The summed E-state index contributed by atoms with van der Waals surface area (Å²) in [7, 11) is -3.91. The van der Waals surface area contributed by atoms with E-state index in [2.05, 4.69) is 4.90 Å². The highest BCUT2D eigenvalue weighted by Gasteiger charge is 2.43. The van der Waals surface area contributed by atoms with Gasteiger partial charge in [0.1, 0.15) is 4.90 Å². The standard InChI is InChI=1S/C22H31N3O5S/c1-16(2)25-22(27)19-4-3-18(15-20(19)31(25,28)29)21(26)24-9-6-17(7-10-24)5-8-23-11-13-30-14-12-23/h3-4,15-17H,5-14H2,1-2H3. The third-order valence-electron chi connectivity index (χ3n) is 6.52. The van der Waals surface area contributed by atoms with Gasteiger partial charge in [-0.1, -0.05) is 0 Å². The molecule has 3 aliphatic rings. The van der Waals surface area contributed by atoms with Gasteiger partial charge in [-0.15, -0.1) is 0 Å². The summed E-state index contributed by atoms with van der Waals surface area (Å²) in [6.07, 6.45) is 3.05. The lowest BCUT2D eigenvalue weighted by Crippen LogP contribution is -2.40. The van der Waals surface area contributed by atoms with E-state index in [4.69, 9.17) is 4.74 Å². The summed E-state index contributed by atoms with van der Waals surface area (Å²) in [5, 5.41) is 0. The summed E-state index contributed by atoms with van der Waals surface area (Å²) in [6.45, 7) is 9.36. The van der Waals surface area contributed by atoms with E-state index >= 15 is 0 Å². The Labute approximate surface area is 184 Å². The molecule has 0 spiro atoms. The van der Waals surface area contributed by atoms with Crippen molar-refractivity contribution in [1.82, 2.24) is 14.1 Å².